The largest absolute Gasteiger partial charge is 0.379 e. The molecule has 0 saturated heterocycles. The fourth-order valence-corrected chi connectivity index (χ4v) is 1.80. The summed E-state index contributed by atoms with van der Waals surface area (Å²) in [4.78, 5) is 0. The molecular formula is C12H13N7. The summed E-state index contributed by atoms with van der Waals surface area (Å²) in [6.07, 6.45) is 3.31. The van der Waals surface area contributed by atoms with E-state index in [0.717, 1.165) is 22.6 Å². The van der Waals surface area contributed by atoms with Gasteiger partial charge in [0, 0.05) is 11.9 Å². The second-order valence-corrected chi connectivity index (χ2v) is 4.19. The number of aromatic nitrogens is 6. The van der Waals surface area contributed by atoms with Crippen LogP contribution in [0.25, 0.3) is 5.69 Å². The molecule has 96 valence electrons. The van der Waals surface area contributed by atoms with Gasteiger partial charge in [0.15, 0.2) is 0 Å². The maximum atomic E-state index is 3.92. The quantitative estimate of drug-likeness (QED) is 0.734. The van der Waals surface area contributed by atoms with Crippen LogP contribution in [0.15, 0.2) is 36.8 Å². The Labute approximate surface area is 109 Å². The lowest BCUT2D eigenvalue weighted by molar-refractivity contribution is 0.789. The number of rotatable bonds is 4. The molecule has 7 nitrogen and oxygen atoms in total. The molecule has 0 atom stereocenters. The first-order valence-electron chi connectivity index (χ1n) is 5.89. The van der Waals surface area contributed by atoms with Crippen LogP contribution in [0.3, 0.4) is 0 Å². The van der Waals surface area contributed by atoms with Crippen molar-refractivity contribution in [1.82, 2.24) is 30.4 Å². The van der Waals surface area contributed by atoms with E-state index in [1.807, 2.05) is 24.3 Å². The van der Waals surface area contributed by atoms with E-state index in [1.165, 1.54) is 0 Å². The minimum atomic E-state index is 0.694. The molecule has 0 spiro atoms. The third-order valence-electron chi connectivity index (χ3n) is 2.86. The smallest absolute Gasteiger partial charge is 0.143 e. The van der Waals surface area contributed by atoms with Gasteiger partial charge in [-0.3, -0.25) is 5.10 Å². The Hall–Kier alpha value is -2.70. The van der Waals surface area contributed by atoms with Crippen molar-refractivity contribution in [3.05, 3.63) is 48.0 Å². The van der Waals surface area contributed by atoms with Crippen molar-refractivity contribution >= 4 is 5.69 Å². The summed E-state index contributed by atoms with van der Waals surface area (Å²) in [5.74, 6) is 0. The molecule has 0 bridgehead atoms. The van der Waals surface area contributed by atoms with Crippen molar-refractivity contribution in [2.45, 2.75) is 13.5 Å². The molecule has 0 fully saturated rings. The summed E-state index contributed by atoms with van der Waals surface area (Å²) in [7, 11) is 0. The molecular weight excluding hydrogens is 242 g/mol. The van der Waals surface area contributed by atoms with Crippen molar-refractivity contribution in [2.24, 2.45) is 0 Å². The number of hydrogen-bond donors (Lipinski definition) is 2. The minimum Gasteiger partial charge on any atom is -0.379 e. The number of aromatic amines is 1. The molecule has 3 rings (SSSR count). The highest BCUT2D eigenvalue weighted by molar-refractivity contribution is 5.56. The molecule has 0 aliphatic carbocycles. The van der Waals surface area contributed by atoms with Crippen LogP contribution in [0, 0.1) is 6.92 Å². The van der Waals surface area contributed by atoms with Gasteiger partial charge in [0.05, 0.1) is 17.9 Å². The number of anilines is 1. The fraction of sp³-hybridized carbons (Fsp3) is 0.167. The number of hydrogen-bond acceptors (Lipinski definition) is 5. The van der Waals surface area contributed by atoms with Gasteiger partial charge >= 0.3 is 0 Å². The molecule has 0 aliphatic rings. The van der Waals surface area contributed by atoms with E-state index in [0.29, 0.717) is 6.54 Å². The molecule has 0 radical (unpaired) electrons. The molecule has 0 aliphatic heterocycles. The number of tetrazole rings is 1. The Kier molecular flexibility index (Phi) is 2.93. The van der Waals surface area contributed by atoms with Gasteiger partial charge in [0.25, 0.3) is 0 Å². The third-order valence-corrected chi connectivity index (χ3v) is 2.86. The topological polar surface area (TPSA) is 84.3 Å². The molecule has 7 heteroatoms. The van der Waals surface area contributed by atoms with E-state index in [2.05, 4.69) is 38.0 Å². The second kappa shape index (κ2) is 4.89. The highest BCUT2D eigenvalue weighted by Gasteiger charge is 2.03. The van der Waals surface area contributed by atoms with E-state index in [1.54, 1.807) is 17.2 Å². The first kappa shape index (κ1) is 11.4. The van der Waals surface area contributed by atoms with Crippen LogP contribution in [-0.2, 0) is 6.54 Å². The maximum absolute atomic E-state index is 3.92. The number of nitrogens with zero attached hydrogens (tertiary/aromatic N) is 5. The zero-order valence-electron chi connectivity index (χ0n) is 10.4. The van der Waals surface area contributed by atoms with Gasteiger partial charge in [-0.05, 0) is 41.1 Å². The minimum absolute atomic E-state index is 0.694. The average molecular weight is 255 g/mol. The SMILES string of the molecule is Cc1ccc(-n2cnnn2)cc1NCc1ccn[nH]1. The molecule has 2 heterocycles. The van der Waals surface area contributed by atoms with Gasteiger partial charge in [-0.2, -0.15) is 5.10 Å². The van der Waals surface area contributed by atoms with Crippen LogP contribution in [0.1, 0.15) is 11.3 Å². The Morgan fingerprint density at radius 2 is 2.26 bits per heavy atom. The van der Waals surface area contributed by atoms with Crippen molar-refractivity contribution in [1.29, 1.82) is 0 Å². The van der Waals surface area contributed by atoms with Gasteiger partial charge in [0.1, 0.15) is 6.33 Å². The Bertz CT molecular complexity index is 643. The Morgan fingerprint density at radius 1 is 1.32 bits per heavy atom. The fourth-order valence-electron chi connectivity index (χ4n) is 1.80. The number of benzene rings is 1. The molecule has 0 amide bonds. The summed E-state index contributed by atoms with van der Waals surface area (Å²) in [5, 5.41) is 21.4. The average Bonchev–Trinajstić information content (AvgIpc) is 3.11. The van der Waals surface area contributed by atoms with Gasteiger partial charge < -0.3 is 5.32 Å². The zero-order chi connectivity index (χ0) is 13.1. The monoisotopic (exact) mass is 255 g/mol. The van der Waals surface area contributed by atoms with E-state index in [9.17, 15) is 0 Å². The van der Waals surface area contributed by atoms with E-state index in [-0.39, 0.29) is 0 Å². The lowest BCUT2D eigenvalue weighted by Gasteiger charge is -2.10. The zero-order valence-corrected chi connectivity index (χ0v) is 10.4. The standard InChI is InChI=1S/C12H13N7/c1-9-2-3-11(19-8-15-17-18-19)6-12(9)13-7-10-4-5-14-16-10/h2-6,8,13H,7H2,1H3,(H,14,16). The normalized spacial score (nSPS) is 10.6. The van der Waals surface area contributed by atoms with Crippen molar-refractivity contribution in [2.75, 3.05) is 5.32 Å². The van der Waals surface area contributed by atoms with Crippen molar-refractivity contribution in [3.63, 3.8) is 0 Å². The highest BCUT2D eigenvalue weighted by atomic mass is 15.5. The Balaban J connectivity index is 1.82. The predicted molar refractivity (Wildman–Crippen MR) is 69.8 cm³/mol. The lowest BCUT2D eigenvalue weighted by atomic mass is 10.2. The first-order valence-corrected chi connectivity index (χ1v) is 5.89. The van der Waals surface area contributed by atoms with Crippen LogP contribution < -0.4 is 5.32 Å². The van der Waals surface area contributed by atoms with Gasteiger partial charge in [0.2, 0.25) is 0 Å². The molecule has 0 saturated carbocycles. The van der Waals surface area contributed by atoms with E-state index >= 15 is 0 Å². The molecule has 3 aromatic rings. The van der Waals surface area contributed by atoms with Gasteiger partial charge in [-0.1, -0.05) is 6.07 Å². The summed E-state index contributed by atoms with van der Waals surface area (Å²) < 4.78 is 1.63. The summed E-state index contributed by atoms with van der Waals surface area (Å²) in [6.45, 7) is 2.75. The molecule has 2 aromatic heterocycles. The van der Waals surface area contributed by atoms with Gasteiger partial charge in [-0.15, -0.1) is 5.10 Å². The molecule has 2 N–H and O–H groups in total. The summed E-state index contributed by atoms with van der Waals surface area (Å²) >= 11 is 0. The summed E-state index contributed by atoms with van der Waals surface area (Å²) in [6, 6.07) is 7.97. The maximum Gasteiger partial charge on any atom is 0.143 e. The number of nitrogens with one attached hydrogen (secondary N) is 2. The van der Waals surface area contributed by atoms with Crippen LogP contribution >= 0.6 is 0 Å². The summed E-state index contributed by atoms with van der Waals surface area (Å²) in [5.41, 5.74) is 4.16. The lowest BCUT2D eigenvalue weighted by Crippen LogP contribution is -2.03. The first-order chi connectivity index (χ1) is 9.33. The highest BCUT2D eigenvalue weighted by Crippen LogP contribution is 2.19. The second-order valence-electron chi connectivity index (χ2n) is 4.19. The van der Waals surface area contributed by atoms with E-state index in [4.69, 9.17) is 0 Å². The third kappa shape index (κ3) is 2.44. The predicted octanol–water partition coefficient (Wildman–Crippen LogP) is 1.31. The molecule has 0 unspecified atom stereocenters. The van der Waals surface area contributed by atoms with Crippen molar-refractivity contribution < 1.29 is 0 Å². The van der Waals surface area contributed by atoms with Crippen LogP contribution in [-0.4, -0.2) is 30.4 Å². The van der Waals surface area contributed by atoms with Gasteiger partial charge in [-0.25, -0.2) is 4.68 Å². The Morgan fingerprint density at radius 3 is 3.00 bits per heavy atom. The van der Waals surface area contributed by atoms with Crippen LogP contribution in [0.4, 0.5) is 5.69 Å². The van der Waals surface area contributed by atoms with Crippen LogP contribution in [0.2, 0.25) is 0 Å². The molecule has 19 heavy (non-hydrogen) atoms. The number of aryl methyl sites for hydroxylation is 1. The van der Waals surface area contributed by atoms with E-state index < -0.39 is 0 Å². The van der Waals surface area contributed by atoms with Crippen molar-refractivity contribution in [3.8, 4) is 5.69 Å². The number of H-pyrrole nitrogens is 1. The molecule has 1 aromatic carbocycles. The van der Waals surface area contributed by atoms with Crippen LogP contribution in [0.5, 0.6) is 0 Å².